The van der Waals surface area contributed by atoms with Gasteiger partial charge in [0.2, 0.25) is 0 Å². The fraction of sp³-hybridized carbons (Fsp3) is 0. The van der Waals surface area contributed by atoms with Crippen molar-refractivity contribution in [3.05, 3.63) is 0 Å². The molecule has 12 nitrogen and oxygen atoms in total. The molecule has 0 saturated carbocycles. The van der Waals surface area contributed by atoms with Crippen LogP contribution >= 0.6 is 0 Å². The van der Waals surface area contributed by atoms with Crippen LogP contribution in [0.5, 0.6) is 0 Å². The molecule has 0 aromatic rings. The van der Waals surface area contributed by atoms with E-state index in [2.05, 4.69) is 0 Å². The van der Waals surface area contributed by atoms with E-state index in [1.54, 1.807) is 0 Å². The van der Waals surface area contributed by atoms with Gasteiger partial charge in [0.25, 0.3) is 0 Å². The number of rotatable bonds is 0. The van der Waals surface area contributed by atoms with Crippen molar-refractivity contribution in [2.45, 2.75) is 0 Å². The zero-order chi connectivity index (χ0) is 14.3. The molecule has 117 valence electrons. The van der Waals surface area contributed by atoms with Gasteiger partial charge >= 0.3 is 71.4 Å². The zero-order valence-electron chi connectivity index (χ0n) is 8.62. The van der Waals surface area contributed by atoms with Gasteiger partial charge in [0.1, 0.15) is 0 Å². The minimum Gasteiger partial charge on any atom is -0.907 e. The maximum absolute atomic E-state index is 8.42. The van der Waals surface area contributed by atoms with Crippen LogP contribution in [-0.4, -0.2) is 29.3 Å². The summed E-state index contributed by atoms with van der Waals surface area (Å²) in [5.41, 5.74) is 0. The van der Waals surface area contributed by atoms with Crippen LogP contribution in [0.2, 0.25) is 0 Å². The summed E-state index contributed by atoms with van der Waals surface area (Å²) < 4.78 is 0. The summed E-state index contributed by atoms with van der Waals surface area (Å²) in [6.45, 7) is 0. The molecule has 0 unspecified atom stereocenters. The molecule has 0 N–H and O–H groups in total. The summed E-state index contributed by atoms with van der Waals surface area (Å²) in [5, 5.41) is 101. The van der Waals surface area contributed by atoms with Gasteiger partial charge in [0.15, 0.2) is 0 Å². The van der Waals surface area contributed by atoms with Crippen molar-refractivity contribution < 1.29 is 132 Å². The van der Waals surface area contributed by atoms with Gasteiger partial charge in [0, 0.05) is 0 Å². The molecular weight excluding hydrogens is 596 g/mol. The average Bonchev–Trinajstić information content (AvgIpc) is 1.76. The van der Waals surface area contributed by atoms with E-state index in [1.165, 1.54) is 0 Å². The molecule has 0 saturated heterocycles. The molecule has 0 spiro atoms. The van der Waals surface area contributed by atoms with Crippen LogP contribution in [0.15, 0.2) is 0 Å². The Labute approximate surface area is 160 Å². The number of hydrogen-bond donors (Lipinski definition) is 0. The predicted octanol–water partition coefficient (Wildman–Crippen LogP) is -15.8. The molecule has 0 aliphatic heterocycles. The molecule has 0 amide bonds. The largest absolute Gasteiger partial charge is 6.00 e. The zero-order valence-corrected chi connectivity index (χ0v) is 14.7. The average molecular weight is 596 g/mol. The van der Waals surface area contributed by atoms with Crippen LogP contribution in [0.3, 0.4) is 0 Å². The maximum atomic E-state index is 8.42. The second-order valence-electron chi connectivity index (χ2n) is 1.15. The Balaban J connectivity index is -0.0000000150. The topological polar surface area (TPSA) is 277 Å². The summed E-state index contributed by atoms with van der Waals surface area (Å²) in [6.07, 6.45) is 0. The van der Waals surface area contributed by atoms with E-state index < -0.39 is 29.3 Å². The maximum Gasteiger partial charge on any atom is 6.00 e. The molecule has 0 fully saturated rings. The van der Waals surface area contributed by atoms with E-state index in [0.717, 1.165) is 0 Å². The predicted molar refractivity (Wildman–Crippen MR) is 23.0 cm³/mol. The van der Waals surface area contributed by atoms with E-state index in [1.807, 2.05) is 0 Å². The third-order valence-corrected chi connectivity index (χ3v) is 0. The van der Waals surface area contributed by atoms with E-state index in [-0.39, 0.29) is 71.4 Å². The van der Waals surface area contributed by atoms with Crippen molar-refractivity contribution in [1.29, 1.82) is 0 Å². The minimum absolute atomic E-state index is 0. The monoisotopic (exact) mass is 597 g/mol. The summed E-state index contributed by atoms with van der Waals surface area (Å²) in [4.78, 5) is 0. The normalized spacial score (nSPS) is 5.40. The van der Waals surface area contributed by atoms with Gasteiger partial charge in [-0.2, -0.15) is 0 Å². The van der Waals surface area contributed by atoms with E-state index in [0.29, 0.717) is 0 Å². The molecule has 3 radical (unpaired) electrons. The van der Waals surface area contributed by atoms with Crippen LogP contribution < -0.4 is 60.3 Å². The van der Waals surface area contributed by atoms with Crippen LogP contribution in [0.25, 0.3) is 0 Å². The number of hydrogen-bond acceptors (Lipinski definition) is 12. The van der Waals surface area contributed by atoms with Crippen LogP contribution in [0.4, 0.5) is 0 Å². The Hall–Kier alpha value is 1.99. The van der Waals surface area contributed by atoms with Crippen molar-refractivity contribution in [2.24, 2.45) is 0 Å². The van der Waals surface area contributed by atoms with Gasteiger partial charge in [-0.1, -0.05) is 0 Å². The van der Waals surface area contributed by atoms with Crippen molar-refractivity contribution in [3.63, 3.8) is 0 Å². The van der Waals surface area contributed by atoms with Crippen molar-refractivity contribution in [1.82, 2.24) is 0 Å². The molecule has 0 aliphatic carbocycles. The molecule has 20 heteroatoms. The molecule has 0 aliphatic rings. The molecule has 0 heterocycles. The van der Waals surface area contributed by atoms with Gasteiger partial charge in [-0.3, -0.25) is 29.3 Å². The third-order valence-electron chi connectivity index (χ3n) is 0. The Morgan fingerprint density at radius 1 is 0.300 bits per heavy atom. The SMILES string of the molecule is [Co+2].[Co+2].[Co+2].[O-]B([O-])[O-].[O-]B([O-])[O-].[O-]B([O-])[O-].[O-]B([O-])[O-].[W+6]. The quantitative estimate of drug-likeness (QED) is 0.236. The van der Waals surface area contributed by atoms with E-state index >= 15 is 0 Å². The molecular formula is B4Co3O12W. The van der Waals surface area contributed by atoms with Crippen molar-refractivity contribution in [3.8, 4) is 0 Å². The van der Waals surface area contributed by atoms with Gasteiger partial charge in [-0.25, -0.2) is 0 Å². The summed E-state index contributed by atoms with van der Waals surface area (Å²) in [7, 11) is -11.7. The van der Waals surface area contributed by atoms with E-state index in [9.17, 15) is 0 Å². The van der Waals surface area contributed by atoms with Crippen molar-refractivity contribution in [2.75, 3.05) is 0 Å². The summed E-state index contributed by atoms with van der Waals surface area (Å²) >= 11 is 0. The summed E-state index contributed by atoms with van der Waals surface area (Å²) in [6, 6.07) is 0. The Kier molecular flexibility index (Phi) is 106. The summed E-state index contributed by atoms with van der Waals surface area (Å²) in [5.74, 6) is 0. The van der Waals surface area contributed by atoms with Gasteiger partial charge < -0.3 is 60.3 Å². The van der Waals surface area contributed by atoms with E-state index in [4.69, 9.17) is 60.3 Å². The van der Waals surface area contributed by atoms with Crippen LogP contribution in [-0.2, 0) is 71.4 Å². The Morgan fingerprint density at radius 2 is 0.300 bits per heavy atom. The first-order chi connectivity index (χ1) is 6.93. The second kappa shape index (κ2) is 42.9. The molecule has 0 bridgehead atoms. The fourth-order valence-electron chi connectivity index (χ4n) is 0. The Bertz CT molecular complexity index is 73.7. The standard InChI is InChI=1S/4BO3.3Co.W/c4*2-1(3)4;;;;/q4*-3;3*+2;+6. The molecule has 0 atom stereocenters. The first-order valence-corrected chi connectivity index (χ1v) is 2.83. The van der Waals surface area contributed by atoms with Gasteiger partial charge in [-0.05, 0) is 0 Å². The Morgan fingerprint density at radius 3 is 0.300 bits per heavy atom. The molecule has 0 aromatic heterocycles. The molecule has 20 heavy (non-hydrogen) atoms. The van der Waals surface area contributed by atoms with Crippen LogP contribution in [0, 0.1) is 0 Å². The molecule has 0 aromatic carbocycles. The molecule has 0 rings (SSSR count). The smallest absolute Gasteiger partial charge is 0.907 e. The first-order valence-electron chi connectivity index (χ1n) is 2.83. The van der Waals surface area contributed by atoms with Gasteiger partial charge in [-0.15, -0.1) is 0 Å². The van der Waals surface area contributed by atoms with Crippen LogP contribution in [0.1, 0.15) is 0 Å². The second-order valence-corrected chi connectivity index (χ2v) is 1.15. The third kappa shape index (κ3) is 1820. The first kappa shape index (κ1) is 49.5. The fourth-order valence-corrected chi connectivity index (χ4v) is 0. The van der Waals surface area contributed by atoms with Gasteiger partial charge in [0.05, 0.1) is 0 Å². The minimum atomic E-state index is -2.92. The van der Waals surface area contributed by atoms with Crippen molar-refractivity contribution >= 4 is 29.3 Å².